The molecule has 1 atom stereocenters. The molecular formula is C17H22ClN3O3. The second kappa shape index (κ2) is 8.26. The molecule has 0 aromatic heterocycles. The van der Waals surface area contributed by atoms with Gasteiger partial charge in [0.1, 0.15) is 0 Å². The highest BCUT2D eigenvalue weighted by Gasteiger charge is 2.28. The van der Waals surface area contributed by atoms with Crippen molar-refractivity contribution >= 4 is 30.1 Å². The Balaban J connectivity index is 0.00000208. The number of hydrogen-bond donors (Lipinski definition) is 2. The summed E-state index contributed by atoms with van der Waals surface area (Å²) in [5.74, 6) is -0.332. The van der Waals surface area contributed by atoms with Crippen molar-refractivity contribution in [2.24, 2.45) is 0 Å². The highest BCUT2D eigenvalue weighted by atomic mass is 35.5. The van der Waals surface area contributed by atoms with E-state index in [1.54, 1.807) is 24.3 Å². The minimum absolute atomic E-state index is 0. The fourth-order valence-corrected chi connectivity index (χ4v) is 2.99. The van der Waals surface area contributed by atoms with E-state index in [1.165, 1.54) is 4.90 Å². The first-order valence-corrected chi connectivity index (χ1v) is 8.07. The molecule has 1 aromatic carbocycles. The Bertz CT molecular complexity index is 596. The number of carbonyl (C=O) groups is 3. The number of likely N-dealkylation sites (tertiary alicyclic amines) is 1. The lowest BCUT2D eigenvalue weighted by Crippen LogP contribution is -2.45. The SMILES string of the molecule is Cl.O=C(NC1CCCNC1)c1ccc(CN2C(=O)CCC2=O)cc1. The topological polar surface area (TPSA) is 78.5 Å². The van der Waals surface area contributed by atoms with Crippen LogP contribution in [0.2, 0.25) is 0 Å². The van der Waals surface area contributed by atoms with Crippen LogP contribution in [0.15, 0.2) is 24.3 Å². The van der Waals surface area contributed by atoms with E-state index in [1.807, 2.05) is 0 Å². The fraction of sp³-hybridized carbons (Fsp3) is 0.471. The predicted molar refractivity (Wildman–Crippen MR) is 91.8 cm³/mol. The molecule has 1 aromatic rings. The molecule has 0 radical (unpaired) electrons. The van der Waals surface area contributed by atoms with Crippen LogP contribution >= 0.6 is 12.4 Å². The molecule has 2 N–H and O–H groups in total. The maximum Gasteiger partial charge on any atom is 0.251 e. The zero-order valence-electron chi connectivity index (χ0n) is 13.4. The van der Waals surface area contributed by atoms with Crippen LogP contribution in [0.4, 0.5) is 0 Å². The number of carbonyl (C=O) groups excluding carboxylic acids is 3. The van der Waals surface area contributed by atoms with Gasteiger partial charge in [0.05, 0.1) is 6.54 Å². The van der Waals surface area contributed by atoms with E-state index in [0.29, 0.717) is 18.4 Å². The van der Waals surface area contributed by atoms with Crippen molar-refractivity contribution in [3.63, 3.8) is 0 Å². The van der Waals surface area contributed by atoms with Crippen molar-refractivity contribution in [1.82, 2.24) is 15.5 Å². The van der Waals surface area contributed by atoms with Gasteiger partial charge in [0.15, 0.2) is 0 Å². The molecule has 2 aliphatic rings. The Morgan fingerprint density at radius 1 is 1.17 bits per heavy atom. The number of nitrogens with zero attached hydrogens (tertiary/aromatic N) is 1. The Morgan fingerprint density at radius 2 is 1.83 bits per heavy atom. The highest BCUT2D eigenvalue weighted by molar-refractivity contribution is 6.01. The summed E-state index contributed by atoms with van der Waals surface area (Å²) >= 11 is 0. The number of nitrogens with one attached hydrogen (secondary N) is 2. The third kappa shape index (κ3) is 4.33. The Labute approximate surface area is 147 Å². The van der Waals surface area contributed by atoms with Crippen LogP contribution < -0.4 is 10.6 Å². The number of halogens is 1. The molecule has 2 aliphatic heterocycles. The second-order valence-electron chi connectivity index (χ2n) is 6.09. The summed E-state index contributed by atoms with van der Waals surface area (Å²) < 4.78 is 0. The van der Waals surface area contributed by atoms with Crippen molar-refractivity contribution in [1.29, 1.82) is 0 Å². The minimum atomic E-state index is -0.124. The van der Waals surface area contributed by atoms with Gasteiger partial charge in [-0.25, -0.2) is 0 Å². The largest absolute Gasteiger partial charge is 0.348 e. The minimum Gasteiger partial charge on any atom is -0.348 e. The molecule has 130 valence electrons. The van der Waals surface area contributed by atoms with E-state index in [-0.39, 0.29) is 42.7 Å². The van der Waals surface area contributed by atoms with Crippen molar-refractivity contribution in [2.45, 2.75) is 38.3 Å². The lowest BCUT2D eigenvalue weighted by Gasteiger charge is -2.23. The van der Waals surface area contributed by atoms with Crippen LogP contribution in [-0.4, -0.2) is 41.8 Å². The summed E-state index contributed by atoms with van der Waals surface area (Å²) in [6.45, 7) is 2.10. The van der Waals surface area contributed by atoms with Crippen LogP contribution in [0.1, 0.15) is 41.6 Å². The van der Waals surface area contributed by atoms with Crippen LogP contribution in [0.25, 0.3) is 0 Å². The number of benzene rings is 1. The number of rotatable bonds is 4. The van der Waals surface area contributed by atoms with Gasteiger partial charge in [-0.3, -0.25) is 19.3 Å². The molecule has 2 saturated heterocycles. The van der Waals surface area contributed by atoms with Crippen molar-refractivity contribution < 1.29 is 14.4 Å². The zero-order chi connectivity index (χ0) is 16.2. The number of amides is 3. The van der Waals surface area contributed by atoms with Crippen LogP contribution in [0.5, 0.6) is 0 Å². The molecule has 3 rings (SSSR count). The third-order valence-corrected chi connectivity index (χ3v) is 4.34. The smallest absolute Gasteiger partial charge is 0.251 e. The molecule has 2 heterocycles. The monoisotopic (exact) mass is 351 g/mol. The molecule has 24 heavy (non-hydrogen) atoms. The predicted octanol–water partition coefficient (Wildman–Crippen LogP) is 1.24. The summed E-state index contributed by atoms with van der Waals surface area (Å²) in [5, 5.41) is 6.29. The molecule has 0 aliphatic carbocycles. The van der Waals surface area contributed by atoms with Crippen molar-refractivity contribution in [2.75, 3.05) is 13.1 Å². The van der Waals surface area contributed by atoms with Gasteiger partial charge in [0.2, 0.25) is 11.8 Å². The molecule has 0 spiro atoms. The first-order valence-electron chi connectivity index (χ1n) is 8.07. The lowest BCUT2D eigenvalue weighted by atomic mass is 10.1. The summed E-state index contributed by atoms with van der Waals surface area (Å²) in [4.78, 5) is 36.7. The Kier molecular flexibility index (Phi) is 6.34. The lowest BCUT2D eigenvalue weighted by molar-refractivity contribution is -0.139. The third-order valence-electron chi connectivity index (χ3n) is 4.34. The highest BCUT2D eigenvalue weighted by Crippen LogP contribution is 2.16. The van der Waals surface area contributed by atoms with Gasteiger partial charge in [-0.15, -0.1) is 12.4 Å². The van der Waals surface area contributed by atoms with Gasteiger partial charge >= 0.3 is 0 Å². The maximum absolute atomic E-state index is 12.2. The first-order chi connectivity index (χ1) is 11.1. The van der Waals surface area contributed by atoms with Gasteiger partial charge in [-0.2, -0.15) is 0 Å². The van der Waals surface area contributed by atoms with E-state index >= 15 is 0 Å². The van der Waals surface area contributed by atoms with Gasteiger partial charge in [0, 0.05) is 31.0 Å². The molecule has 0 bridgehead atoms. The molecule has 2 fully saturated rings. The normalized spacial score (nSPS) is 20.7. The van der Waals surface area contributed by atoms with Gasteiger partial charge in [-0.05, 0) is 37.1 Å². The molecule has 0 saturated carbocycles. The number of piperidine rings is 1. The summed E-state index contributed by atoms with van der Waals surface area (Å²) in [6.07, 6.45) is 2.67. The van der Waals surface area contributed by atoms with E-state index < -0.39 is 0 Å². The first kappa shape index (κ1) is 18.4. The van der Waals surface area contributed by atoms with Gasteiger partial charge in [-0.1, -0.05) is 12.1 Å². The van der Waals surface area contributed by atoms with E-state index in [4.69, 9.17) is 0 Å². The van der Waals surface area contributed by atoms with Crippen molar-refractivity contribution in [3.8, 4) is 0 Å². The molecular weight excluding hydrogens is 330 g/mol. The fourth-order valence-electron chi connectivity index (χ4n) is 2.99. The van der Waals surface area contributed by atoms with Gasteiger partial charge in [0.25, 0.3) is 5.91 Å². The van der Waals surface area contributed by atoms with E-state index in [0.717, 1.165) is 31.5 Å². The van der Waals surface area contributed by atoms with Crippen LogP contribution in [-0.2, 0) is 16.1 Å². The van der Waals surface area contributed by atoms with Crippen LogP contribution in [0, 0.1) is 0 Å². The number of hydrogen-bond acceptors (Lipinski definition) is 4. The van der Waals surface area contributed by atoms with Gasteiger partial charge < -0.3 is 10.6 Å². The van der Waals surface area contributed by atoms with Crippen LogP contribution in [0.3, 0.4) is 0 Å². The average molecular weight is 352 g/mol. The standard InChI is InChI=1S/C17H21N3O3.ClH/c21-15-7-8-16(22)20(15)11-12-3-5-13(6-4-12)17(23)19-14-2-1-9-18-10-14;/h3-6,14,18H,1-2,7-11H2,(H,19,23);1H. The molecule has 6 nitrogen and oxygen atoms in total. The zero-order valence-corrected chi connectivity index (χ0v) is 14.2. The summed E-state index contributed by atoms with van der Waals surface area (Å²) in [6, 6.07) is 7.26. The Morgan fingerprint density at radius 3 is 2.42 bits per heavy atom. The quantitative estimate of drug-likeness (QED) is 0.800. The molecule has 1 unspecified atom stereocenters. The molecule has 3 amide bonds. The van der Waals surface area contributed by atoms with Crippen molar-refractivity contribution in [3.05, 3.63) is 35.4 Å². The second-order valence-corrected chi connectivity index (χ2v) is 6.09. The number of imide groups is 1. The summed E-state index contributed by atoms with van der Waals surface area (Å²) in [5.41, 5.74) is 1.45. The maximum atomic E-state index is 12.2. The Hall–Kier alpha value is -1.92. The summed E-state index contributed by atoms with van der Waals surface area (Å²) in [7, 11) is 0. The molecule has 7 heteroatoms. The van der Waals surface area contributed by atoms with E-state index in [9.17, 15) is 14.4 Å². The average Bonchev–Trinajstić information content (AvgIpc) is 2.88. The van der Waals surface area contributed by atoms with E-state index in [2.05, 4.69) is 10.6 Å².